The number of hydrogen-bond donors (Lipinski definition) is 0. The third kappa shape index (κ3) is 2.36. The molecule has 0 aliphatic carbocycles. The second-order valence-corrected chi connectivity index (χ2v) is 6.34. The SMILES string of the molecule is Cc1cc(Br)cc(C)c1C1C(=O)N2CCOCCN2C1=O. The lowest BCUT2D eigenvalue weighted by molar-refractivity contribution is -0.145. The molecular formula is C15H17BrN2O3. The van der Waals surface area contributed by atoms with Crippen molar-refractivity contribution in [3.8, 4) is 0 Å². The van der Waals surface area contributed by atoms with Gasteiger partial charge in [0.25, 0.3) is 11.8 Å². The first-order valence-corrected chi connectivity index (χ1v) is 7.77. The zero-order valence-corrected chi connectivity index (χ0v) is 13.6. The van der Waals surface area contributed by atoms with Gasteiger partial charge in [-0.3, -0.25) is 9.59 Å². The van der Waals surface area contributed by atoms with Crippen molar-refractivity contribution in [3.05, 3.63) is 33.3 Å². The van der Waals surface area contributed by atoms with Crippen LogP contribution in [0, 0.1) is 13.8 Å². The van der Waals surface area contributed by atoms with Crippen LogP contribution in [-0.4, -0.2) is 48.1 Å². The Morgan fingerprint density at radius 3 is 2.00 bits per heavy atom. The Hall–Kier alpha value is -1.40. The number of amides is 2. The van der Waals surface area contributed by atoms with E-state index in [-0.39, 0.29) is 11.8 Å². The number of hydrogen-bond acceptors (Lipinski definition) is 3. The number of halogens is 1. The van der Waals surface area contributed by atoms with Crippen LogP contribution in [0.1, 0.15) is 22.6 Å². The number of fused-ring (bicyclic) bond motifs is 1. The molecule has 2 aliphatic heterocycles. The van der Waals surface area contributed by atoms with E-state index in [0.717, 1.165) is 21.2 Å². The number of carbonyl (C=O) groups is 2. The quantitative estimate of drug-likeness (QED) is 0.723. The van der Waals surface area contributed by atoms with Crippen LogP contribution >= 0.6 is 15.9 Å². The maximum Gasteiger partial charge on any atom is 0.258 e. The third-order valence-electron chi connectivity index (χ3n) is 4.04. The molecule has 0 N–H and O–H groups in total. The number of carbonyl (C=O) groups excluding carboxylic acids is 2. The van der Waals surface area contributed by atoms with E-state index in [1.165, 1.54) is 0 Å². The Balaban J connectivity index is 2.04. The van der Waals surface area contributed by atoms with Gasteiger partial charge in [-0.15, -0.1) is 0 Å². The van der Waals surface area contributed by atoms with Gasteiger partial charge in [-0.1, -0.05) is 15.9 Å². The maximum absolute atomic E-state index is 12.7. The summed E-state index contributed by atoms with van der Waals surface area (Å²) in [7, 11) is 0. The lowest BCUT2D eigenvalue weighted by atomic mass is 9.90. The second-order valence-electron chi connectivity index (χ2n) is 5.42. The number of benzene rings is 1. The van der Waals surface area contributed by atoms with Gasteiger partial charge < -0.3 is 4.74 Å². The van der Waals surface area contributed by atoms with Crippen molar-refractivity contribution in [2.45, 2.75) is 19.8 Å². The smallest absolute Gasteiger partial charge is 0.258 e. The number of ether oxygens (including phenoxy) is 1. The lowest BCUT2D eigenvalue weighted by Gasteiger charge is -2.23. The van der Waals surface area contributed by atoms with Gasteiger partial charge in [0, 0.05) is 4.47 Å². The molecule has 0 bridgehead atoms. The van der Waals surface area contributed by atoms with Crippen LogP contribution in [0.4, 0.5) is 0 Å². The molecule has 0 saturated carbocycles. The summed E-state index contributed by atoms with van der Waals surface area (Å²) in [5.74, 6) is -0.991. The summed E-state index contributed by atoms with van der Waals surface area (Å²) in [5, 5.41) is 3.09. The molecule has 1 aromatic rings. The Kier molecular flexibility index (Phi) is 3.75. The number of rotatable bonds is 1. The van der Waals surface area contributed by atoms with Gasteiger partial charge in [-0.2, -0.15) is 0 Å². The molecule has 6 heteroatoms. The predicted octanol–water partition coefficient (Wildman–Crippen LogP) is 1.77. The molecule has 2 amide bonds. The lowest BCUT2D eigenvalue weighted by Crippen LogP contribution is -2.41. The summed E-state index contributed by atoms with van der Waals surface area (Å²) >= 11 is 3.45. The zero-order chi connectivity index (χ0) is 15.1. The van der Waals surface area contributed by atoms with E-state index in [1.807, 2.05) is 26.0 Å². The van der Waals surface area contributed by atoms with Gasteiger partial charge >= 0.3 is 0 Å². The van der Waals surface area contributed by atoms with Crippen LogP contribution in [0.2, 0.25) is 0 Å². The van der Waals surface area contributed by atoms with Gasteiger partial charge in [-0.25, -0.2) is 10.0 Å². The average Bonchev–Trinajstić information content (AvgIpc) is 2.61. The van der Waals surface area contributed by atoms with Crippen LogP contribution in [0.25, 0.3) is 0 Å². The number of aryl methyl sites for hydroxylation is 2. The molecule has 1 aromatic carbocycles. The molecule has 2 fully saturated rings. The second kappa shape index (κ2) is 5.42. The maximum atomic E-state index is 12.7. The molecule has 3 rings (SSSR count). The monoisotopic (exact) mass is 352 g/mol. The van der Waals surface area contributed by atoms with Crippen molar-refractivity contribution >= 4 is 27.7 Å². The fourth-order valence-corrected chi connectivity index (χ4v) is 3.82. The molecule has 5 nitrogen and oxygen atoms in total. The molecular weight excluding hydrogens is 336 g/mol. The van der Waals surface area contributed by atoms with Crippen molar-refractivity contribution in [2.75, 3.05) is 26.3 Å². The highest BCUT2D eigenvalue weighted by Gasteiger charge is 2.47. The van der Waals surface area contributed by atoms with Crippen molar-refractivity contribution in [1.29, 1.82) is 0 Å². The van der Waals surface area contributed by atoms with E-state index in [1.54, 1.807) is 10.0 Å². The Bertz CT molecular complexity index is 570. The number of nitrogens with zero attached hydrogens (tertiary/aromatic N) is 2. The summed E-state index contributed by atoms with van der Waals surface area (Å²) in [5.41, 5.74) is 2.76. The van der Waals surface area contributed by atoms with E-state index < -0.39 is 5.92 Å². The van der Waals surface area contributed by atoms with E-state index in [9.17, 15) is 9.59 Å². The normalized spacial score (nSPS) is 20.0. The highest BCUT2D eigenvalue weighted by molar-refractivity contribution is 9.10. The Labute approximate surface area is 131 Å². The van der Waals surface area contributed by atoms with E-state index in [0.29, 0.717) is 26.3 Å². The highest BCUT2D eigenvalue weighted by Crippen LogP contribution is 2.34. The third-order valence-corrected chi connectivity index (χ3v) is 4.49. The van der Waals surface area contributed by atoms with Crippen molar-refractivity contribution < 1.29 is 14.3 Å². The first-order chi connectivity index (χ1) is 10.0. The summed E-state index contributed by atoms with van der Waals surface area (Å²) in [4.78, 5) is 25.4. The molecule has 2 heterocycles. The minimum atomic E-state index is -0.712. The average molecular weight is 353 g/mol. The topological polar surface area (TPSA) is 49.9 Å². The Morgan fingerprint density at radius 1 is 1.05 bits per heavy atom. The molecule has 0 unspecified atom stereocenters. The van der Waals surface area contributed by atoms with Gasteiger partial charge in [0.2, 0.25) is 0 Å². The summed E-state index contributed by atoms with van der Waals surface area (Å²) in [6.07, 6.45) is 0. The summed E-state index contributed by atoms with van der Waals surface area (Å²) < 4.78 is 6.30. The van der Waals surface area contributed by atoms with E-state index in [2.05, 4.69) is 15.9 Å². The van der Waals surface area contributed by atoms with E-state index >= 15 is 0 Å². The predicted molar refractivity (Wildman–Crippen MR) is 80.6 cm³/mol. The van der Waals surface area contributed by atoms with Crippen LogP contribution in [0.5, 0.6) is 0 Å². The molecule has 0 atom stereocenters. The van der Waals surface area contributed by atoms with Crippen LogP contribution in [0.3, 0.4) is 0 Å². The van der Waals surface area contributed by atoms with Crippen LogP contribution in [-0.2, 0) is 14.3 Å². The van der Waals surface area contributed by atoms with Gasteiger partial charge in [0.05, 0.1) is 26.3 Å². The molecule has 0 spiro atoms. The number of hydrazine groups is 1. The van der Waals surface area contributed by atoms with E-state index in [4.69, 9.17) is 4.74 Å². The largest absolute Gasteiger partial charge is 0.378 e. The molecule has 0 aromatic heterocycles. The first-order valence-electron chi connectivity index (χ1n) is 6.97. The zero-order valence-electron chi connectivity index (χ0n) is 12.1. The van der Waals surface area contributed by atoms with Gasteiger partial charge in [-0.05, 0) is 42.7 Å². The van der Waals surface area contributed by atoms with Crippen LogP contribution < -0.4 is 0 Å². The standard InChI is InChI=1S/C15H17BrN2O3/c1-9-7-11(16)8-10(2)12(9)13-14(19)17-3-5-21-6-4-18(17)15(13)20/h7-8,13H,3-6H2,1-2H3. The first kappa shape index (κ1) is 14.5. The molecule has 112 valence electrons. The fraction of sp³-hybridized carbons (Fsp3) is 0.467. The minimum absolute atomic E-state index is 0.140. The summed E-state index contributed by atoms with van der Waals surface area (Å²) in [6, 6.07) is 3.90. The molecule has 2 aliphatic rings. The van der Waals surface area contributed by atoms with Crippen molar-refractivity contribution in [3.63, 3.8) is 0 Å². The summed E-state index contributed by atoms with van der Waals surface area (Å²) in [6.45, 7) is 5.71. The molecule has 0 radical (unpaired) electrons. The highest BCUT2D eigenvalue weighted by atomic mass is 79.9. The van der Waals surface area contributed by atoms with Gasteiger partial charge in [0.1, 0.15) is 5.92 Å². The van der Waals surface area contributed by atoms with Crippen molar-refractivity contribution in [2.24, 2.45) is 0 Å². The minimum Gasteiger partial charge on any atom is -0.378 e. The fourth-order valence-electron chi connectivity index (χ4n) is 3.13. The molecule has 2 saturated heterocycles. The van der Waals surface area contributed by atoms with Gasteiger partial charge in [0.15, 0.2) is 0 Å². The van der Waals surface area contributed by atoms with Crippen LogP contribution in [0.15, 0.2) is 16.6 Å². The molecule has 21 heavy (non-hydrogen) atoms. The Morgan fingerprint density at radius 2 is 1.52 bits per heavy atom. The van der Waals surface area contributed by atoms with Crippen molar-refractivity contribution in [1.82, 2.24) is 10.0 Å².